The number of carbonyl (C=O) groups is 2. The number of rotatable bonds is 7. The van der Waals surface area contributed by atoms with Crippen LogP contribution in [0.3, 0.4) is 0 Å². The number of nitrogens with one attached hydrogen (secondary N) is 1. The van der Waals surface area contributed by atoms with Crippen LogP contribution in [0.4, 0.5) is 5.69 Å². The van der Waals surface area contributed by atoms with Crippen LogP contribution in [-0.4, -0.2) is 27.8 Å². The molecule has 2 aromatic carbocycles. The monoisotopic (exact) mass is 405 g/mol. The second-order valence-corrected chi connectivity index (χ2v) is 7.63. The van der Waals surface area contributed by atoms with Crippen LogP contribution in [0.2, 0.25) is 0 Å². The van der Waals surface area contributed by atoms with Crippen LogP contribution < -0.4 is 5.32 Å². The van der Waals surface area contributed by atoms with Crippen LogP contribution in [-0.2, 0) is 16.1 Å². The maximum absolute atomic E-state index is 12.6. The van der Waals surface area contributed by atoms with Gasteiger partial charge < -0.3 is 10.1 Å². The molecule has 3 aromatic rings. The van der Waals surface area contributed by atoms with Gasteiger partial charge in [0.05, 0.1) is 12.1 Å². The van der Waals surface area contributed by atoms with E-state index in [1.807, 2.05) is 49.5 Å². The van der Waals surface area contributed by atoms with E-state index in [2.05, 4.69) is 24.3 Å². The molecule has 1 amide bonds. The molecule has 1 aromatic heterocycles. The van der Waals surface area contributed by atoms with Gasteiger partial charge in [-0.3, -0.25) is 9.48 Å². The fraction of sp³-hybridized carbons (Fsp3) is 0.292. The summed E-state index contributed by atoms with van der Waals surface area (Å²) in [7, 11) is 0. The van der Waals surface area contributed by atoms with E-state index >= 15 is 0 Å². The summed E-state index contributed by atoms with van der Waals surface area (Å²) >= 11 is 0. The van der Waals surface area contributed by atoms with Gasteiger partial charge in [0, 0.05) is 18.1 Å². The number of benzene rings is 2. The number of carbonyl (C=O) groups excluding carboxylic acids is 2. The Morgan fingerprint density at radius 2 is 1.80 bits per heavy atom. The third-order valence-electron chi connectivity index (χ3n) is 4.92. The smallest absolute Gasteiger partial charge is 0.338 e. The summed E-state index contributed by atoms with van der Waals surface area (Å²) in [6, 6.07) is 14.9. The van der Waals surface area contributed by atoms with Crippen LogP contribution in [0.15, 0.2) is 60.9 Å². The van der Waals surface area contributed by atoms with Gasteiger partial charge in [-0.1, -0.05) is 44.2 Å². The number of hydrogen-bond acceptors (Lipinski definition) is 4. The third kappa shape index (κ3) is 5.14. The number of anilines is 1. The zero-order valence-electron chi connectivity index (χ0n) is 17.8. The Morgan fingerprint density at radius 1 is 1.07 bits per heavy atom. The molecule has 0 fully saturated rings. The minimum absolute atomic E-state index is 0.262. The summed E-state index contributed by atoms with van der Waals surface area (Å²) in [5.74, 6) is -0.620. The fourth-order valence-electron chi connectivity index (χ4n) is 3.18. The first kappa shape index (κ1) is 21.3. The second-order valence-electron chi connectivity index (χ2n) is 7.63. The van der Waals surface area contributed by atoms with Crippen LogP contribution in [0.5, 0.6) is 0 Å². The molecule has 30 heavy (non-hydrogen) atoms. The van der Waals surface area contributed by atoms with Gasteiger partial charge in [-0.15, -0.1) is 0 Å². The maximum atomic E-state index is 12.6. The second kappa shape index (κ2) is 9.39. The molecule has 1 unspecified atom stereocenters. The van der Waals surface area contributed by atoms with E-state index in [0.29, 0.717) is 12.1 Å². The molecule has 1 atom stereocenters. The zero-order chi connectivity index (χ0) is 21.7. The number of esters is 1. The van der Waals surface area contributed by atoms with Crippen molar-refractivity contribution in [3.05, 3.63) is 83.2 Å². The first-order valence-electron chi connectivity index (χ1n) is 10.0. The van der Waals surface area contributed by atoms with Crippen molar-refractivity contribution in [2.45, 2.75) is 46.3 Å². The molecule has 1 heterocycles. The molecule has 0 aliphatic carbocycles. The average molecular weight is 405 g/mol. The van der Waals surface area contributed by atoms with Crippen molar-refractivity contribution in [1.82, 2.24) is 9.78 Å². The number of para-hydroxylation sites is 1. The molecule has 0 aliphatic rings. The van der Waals surface area contributed by atoms with E-state index < -0.39 is 12.1 Å². The lowest BCUT2D eigenvalue weighted by molar-refractivity contribution is -0.123. The molecule has 0 saturated heterocycles. The molecule has 1 N–H and O–H groups in total. The Labute approximate surface area is 176 Å². The van der Waals surface area contributed by atoms with E-state index in [9.17, 15) is 9.59 Å². The Kier molecular flexibility index (Phi) is 6.67. The van der Waals surface area contributed by atoms with Crippen LogP contribution in [0.25, 0.3) is 0 Å². The van der Waals surface area contributed by atoms with E-state index in [4.69, 9.17) is 4.74 Å². The minimum atomic E-state index is -0.916. The lowest BCUT2D eigenvalue weighted by Crippen LogP contribution is -2.30. The van der Waals surface area contributed by atoms with Crippen molar-refractivity contribution in [3.63, 3.8) is 0 Å². The lowest BCUT2D eigenvalue weighted by Gasteiger charge is -2.19. The Balaban J connectivity index is 1.62. The van der Waals surface area contributed by atoms with Crippen molar-refractivity contribution in [2.75, 3.05) is 5.32 Å². The van der Waals surface area contributed by atoms with E-state index in [0.717, 1.165) is 22.4 Å². The van der Waals surface area contributed by atoms with Crippen LogP contribution in [0.1, 0.15) is 53.7 Å². The summed E-state index contributed by atoms with van der Waals surface area (Å²) in [5.41, 5.74) is 4.22. The number of aryl methyl sites for hydroxylation is 1. The fourth-order valence-corrected chi connectivity index (χ4v) is 3.18. The molecule has 0 aliphatic heterocycles. The highest BCUT2D eigenvalue weighted by atomic mass is 16.5. The highest BCUT2D eigenvalue weighted by Crippen LogP contribution is 2.27. The number of nitrogens with zero attached hydrogens (tertiary/aromatic N) is 2. The van der Waals surface area contributed by atoms with Gasteiger partial charge in [0.2, 0.25) is 0 Å². The predicted octanol–water partition coefficient (Wildman–Crippen LogP) is 4.55. The van der Waals surface area contributed by atoms with Crippen molar-refractivity contribution in [3.8, 4) is 0 Å². The molecular weight excluding hydrogens is 378 g/mol. The summed E-state index contributed by atoms with van der Waals surface area (Å²) in [6.45, 7) is 8.29. The van der Waals surface area contributed by atoms with Gasteiger partial charge in [0.1, 0.15) is 0 Å². The van der Waals surface area contributed by atoms with Crippen molar-refractivity contribution in [2.24, 2.45) is 0 Å². The van der Waals surface area contributed by atoms with Gasteiger partial charge in [0.15, 0.2) is 6.10 Å². The molecule has 0 saturated carbocycles. The number of amides is 1. The highest BCUT2D eigenvalue weighted by Gasteiger charge is 2.21. The summed E-state index contributed by atoms with van der Waals surface area (Å²) in [6.07, 6.45) is 2.68. The van der Waals surface area contributed by atoms with Crippen LogP contribution >= 0.6 is 0 Å². The normalized spacial score (nSPS) is 11.9. The van der Waals surface area contributed by atoms with Gasteiger partial charge in [0.25, 0.3) is 5.91 Å². The van der Waals surface area contributed by atoms with Gasteiger partial charge in [-0.25, -0.2) is 4.79 Å². The Morgan fingerprint density at radius 3 is 2.43 bits per heavy atom. The number of ether oxygens (including phenoxy) is 1. The van der Waals surface area contributed by atoms with E-state index in [-0.39, 0.29) is 11.8 Å². The quantitative estimate of drug-likeness (QED) is 0.586. The topological polar surface area (TPSA) is 73.2 Å². The van der Waals surface area contributed by atoms with Crippen molar-refractivity contribution < 1.29 is 14.3 Å². The highest BCUT2D eigenvalue weighted by molar-refractivity contribution is 5.98. The molecule has 0 spiro atoms. The van der Waals surface area contributed by atoms with E-state index in [1.165, 1.54) is 0 Å². The molecule has 156 valence electrons. The molecule has 6 heteroatoms. The van der Waals surface area contributed by atoms with Crippen molar-refractivity contribution in [1.29, 1.82) is 0 Å². The number of hydrogen-bond donors (Lipinski definition) is 1. The Hall–Kier alpha value is -3.41. The molecule has 0 bridgehead atoms. The largest absolute Gasteiger partial charge is 0.449 e. The van der Waals surface area contributed by atoms with Gasteiger partial charge in [-0.05, 0) is 54.7 Å². The van der Waals surface area contributed by atoms with Crippen LogP contribution in [0, 0.1) is 6.92 Å². The maximum Gasteiger partial charge on any atom is 0.338 e. The van der Waals surface area contributed by atoms with Gasteiger partial charge >= 0.3 is 5.97 Å². The SMILES string of the molecule is Cc1cccc(C(C)C)c1NC(=O)C(C)OC(=O)c1ccc(Cn2cccn2)cc1. The molecule has 6 nitrogen and oxygen atoms in total. The molecule has 0 radical (unpaired) electrons. The number of aromatic nitrogens is 2. The zero-order valence-corrected chi connectivity index (χ0v) is 17.8. The summed E-state index contributed by atoms with van der Waals surface area (Å²) in [5, 5.41) is 7.09. The summed E-state index contributed by atoms with van der Waals surface area (Å²) < 4.78 is 7.19. The first-order valence-corrected chi connectivity index (χ1v) is 10.0. The molecule has 3 rings (SSSR count). The van der Waals surface area contributed by atoms with Crippen molar-refractivity contribution >= 4 is 17.6 Å². The third-order valence-corrected chi connectivity index (χ3v) is 4.92. The van der Waals surface area contributed by atoms with E-state index in [1.54, 1.807) is 29.9 Å². The standard InChI is InChI=1S/C24H27N3O3/c1-16(2)21-8-5-7-17(3)22(21)26-23(28)18(4)30-24(29)20-11-9-19(10-12-20)15-27-14-6-13-25-27/h5-14,16,18H,15H2,1-4H3,(H,26,28). The lowest BCUT2D eigenvalue weighted by atomic mass is 9.98. The summed E-state index contributed by atoms with van der Waals surface area (Å²) in [4.78, 5) is 25.1. The van der Waals surface area contributed by atoms with Gasteiger partial charge in [-0.2, -0.15) is 5.10 Å². The predicted molar refractivity (Wildman–Crippen MR) is 117 cm³/mol. The first-order chi connectivity index (χ1) is 14.3. The average Bonchev–Trinajstić information content (AvgIpc) is 3.22. The Bertz CT molecular complexity index is 1010. The minimum Gasteiger partial charge on any atom is -0.449 e. The molecular formula is C24H27N3O3.